The molecule has 1 aliphatic rings. The molecule has 214 valence electrons. The molecule has 5 rings (SSSR count). The summed E-state index contributed by atoms with van der Waals surface area (Å²) in [7, 11) is 3.88. The zero-order valence-corrected chi connectivity index (χ0v) is 25.4. The number of anilines is 2. The first kappa shape index (κ1) is 29.9. The molecule has 11 nitrogen and oxygen atoms in total. The predicted molar refractivity (Wildman–Crippen MR) is 145 cm³/mol. The van der Waals surface area contributed by atoms with Crippen molar-refractivity contribution in [2.75, 3.05) is 11.9 Å². The van der Waals surface area contributed by atoms with Crippen molar-refractivity contribution in [2.45, 2.75) is 32.5 Å². The van der Waals surface area contributed by atoms with E-state index in [2.05, 4.69) is 10.3 Å². The van der Waals surface area contributed by atoms with Gasteiger partial charge in [0.1, 0.15) is 23.8 Å². The third kappa shape index (κ3) is 6.49. The Bertz CT molecular complexity index is 1590. The molecular weight excluding hydrogens is 641 g/mol. The van der Waals surface area contributed by atoms with Crippen molar-refractivity contribution in [1.82, 2.24) is 14.7 Å². The third-order valence-electron chi connectivity index (χ3n) is 6.25. The molecule has 2 amide bonds. The summed E-state index contributed by atoms with van der Waals surface area (Å²) >= 11 is 0. The van der Waals surface area contributed by atoms with Gasteiger partial charge in [0.2, 0.25) is 6.10 Å². The van der Waals surface area contributed by atoms with Gasteiger partial charge in [0.15, 0.2) is 19.1 Å². The van der Waals surface area contributed by atoms with Gasteiger partial charge in [0.25, 0.3) is 11.8 Å². The first-order valence-electron chi connectivity index (χ1n) is 12.7. The fourth-order valence-electron chi connectivity index (χ4n) is 4.14. The van der Waals surface area contributed by atoms with Gasteiger partial charge in [-0.15, -0.1) is 14.4 Å². The largest absolute Gasteiger partial charge is 1.00 e. The van der Waals surface area contributed by atoms with Gasteiger partial charge in [-0.25, -0.2) is 14.6 Å². The summed E-state index contributed by atoms with van der Waals surface area (Å²) in [4.78, 5) is 48.9. The Morgan fingerprint density at radius 3 is 2.32 bits per heavy atom. The quantitative estimate of drug-likeness (QED) is 0.125. The minimum absolute atomic E-state index is 0. The van der Waals surface area contributed by atoms with Gasteiger partial charge in [0.05, 0.1) is 29.8 Å². The van der Waals surface area contributed by atoms with E-state index < -0.39 is 29.5 Å². The number of amides is 2. The van der Waals surface area contributed by atoms with Crippen molar-refractivity contribution in [3.05, 3.63) is 78.0 Å². The summed E-state index contributed by atoms with van der Waals surface area (Å²) < 4.78 is 15.3. The van der Waals surface area contributed by atoms with Crippen LogP contribution in [0.1, 0.15) is 41.5 Å². The number of benzene rings is 2. The average Bonchev–Trinajstić information content (AvgIpc) is 3.35. The number of nitrogens with zero attached hydrogens (tertiary/aromatic N) is 4. The molecule has 0 saturated heterocycles. The monoisotopic (exact) mass is 671 g/mol. The van der Waals surface area contributed by atoms with E-state index in [-0.39, 0.29) is 41.7 Å². The van der Waals surface area contributed by atoms with Crippen molar-refractivity contribution in [2.24, 2.45) is 14.1 Å². The second-order valence-corrected chi connectivity index (χ2v) is 10.4. The van der Waals surface area contributed by atoms with Crippen LogP contribution in [-0.4, -0.2) is 50.8 Å². The topological polar surface area (TPSA) is 116 Å². The van der Waals surface area contributed by atoms with E-state index in [4.69, 9.17) is 14.3 Å². The van der Waals surface area contributed by atoms with Crippen LogP contribution in [0.2, 0.25) is 0 Å². The number of imide groups is 1. The lowest BCUT2D eigenvalue weighted by Gasteiger charge is -2.26. The van der Waals surface area contributed by atoms with E-state index in [1.54, 1.807) is 51.1 Å². The lowest BCUT2D eigenvalue weighted by molar-refractivity contribution is -0.750. The predicted octanol–water partition coefficient (Wildman–Crippen LogP) is 0.462. The summed E-state index contributed by atoms with van der Waals surface area (Å²) in [5, 5.41) is 4.70. The fourth-order valence-corrected chi connectivity index (χ4v) is 4.14. The highest BCUT2D eigenvalue weighted by atomic mass is 127. The SMILES string of the molecule is Cn1c(Nc2ccc3cc(OC[C@H](ON4C(=O)c5ccccc5C4=O)C(=O)OC(C)(C)C)ccc3n2)cc[n+]1C.[I-]. The van der Waals surface area contributed by atoms with Crippen LogP contribution in [0.15, 0.2) is 66.9 Å². The Hall–Kier alpha value is -4.04. The van der Waals surface area contributed by atoms with Crippen LogP contribution in [0, 0.1) is 0 Å². The molecule has 0 spiro atoms. The Balaban J connectivity index is 0.00000387. The smallest absolute Gasteiger partial charge is 0.342 e. The van der Waals surface area contributed by atoms with Crippen LogP contribution in [0.3, 0.4) is 0 Å². The number of esters is 1. The molecule has 0 bridgehead atoms. The van der Waals surface area contributed by atoms with E-state index in [9.17, 15) is 14.4 Å². The second kappa shape index (κ2) is 11.8. The average molecular weight is 671 g/mol. The molecule has 1 N–H and O–H groups in total. The molecule has 3 heterocycles. The van der Waals surface area contributed by atoms with Crippen molar-refractivity contribution in [1.29, 1.82) is 0 Å². The summed E-state index contributed by atoms with van der Waals surface area (Å²) in [6.45, 7) is 4.83. The normalized spacial score (nSPS) is 13.5. The fraction of sp³-hybridized carbons (Fsp3) is 0.276. The highest BCUT2D eigenvalue weighted by molar-refractivity contribution is 6.20. The van der Waals surface area contributed by atoms with E-state index in [0.29, 0.717) is 16.6 Å². The number of halogens is 1. The van der Waals surface area contributed by atoms with E-state index in [1.165, 1.54) is 12.1 Å². The molecule has 2 aromatic carbocycles. The van der Waals surface area contributed by atoms with Crippen molar-refractivity contribution in [3.8, 4) is 5.75 Å². The Labute approximate surface area is 254 Å². The van der Waals surface area contributed by atoms with Crippen LogP contribution < -0.4 is 38.7 Å². The number of pyridine rings is 1. The lowest BCUT2D eigenvalue weighted by atomic mass is 10.1. The molecule has 0 saturated carbocycles. The maximum Gasteiger partial charge on any atom is 0.342 e. The number of nitrogens with one attached hydrogen (secondary N) is 1. The Morgan fingerprint density at radius 2 is 1.71 bits per heavy atom. The zero-order chi connectivity index (χ0) is 28.6. The van der Waals surface area contributed by atoms with Crippen LogP contribution in [0.4, 0.5) is 11.6 Å². The molecule has 1 atom stereocenters. The van der Waals surface area contributed by atoms with E-state index >= 15 is 0 Å². The minimum atomic E-state index is -1.38. The van der Waals surface area contributed by atoms with Crippen LogP contribution >= 0.6 is 0 Å². The van der Waals surface area contributed by atoms with Gasteiger partial charge in [0, 0.05) is 5.39 Å². The Morgan fingerprint density at radius 1 is 1.02 bits per heavy atom. The number of carbonyl (C=O) groups excluding carboxylic acids is 3. The molecule has 0 fully saturated rings. The molecule has 0 radical (unpaired) electrons. The Kier molecular flexibility index (Phi) is 8.63. The first-order valence-corrected chi connectivity index (χ1v) is 12.7. The summed E-state index contributed by atoms with van der Waals surface area (Å²) in [5.74, 6) is -0.0537. The van der Waals surface area contributed by atoms with Crippen molar-refractivity contribution in [3.63, 3.8) is 0 Å². The number of aryl methyl sites for hydroxylation is 1. The summed E-state index contributed by atoms with van der Waals surface area (Å²) in [6, 6.07) is 17.4. The van der Waals surface area contributed by atoms with Gasteiger partial charge in [-0.05, 0) is 63.2 Å². The van der Waals surface area contributed by atoms with Gasteiger partial charge < -0.3 is 38.8 Å². The highest BCUT2D eigenvalue weighted by Crippen LogP contribution is 2.26. The van der Waals surface area contributed by atoms with Crippen molar-refractivity contribution >= 4 is 40.3 Å². The van der Waals surface area contributed by atoms with E-state index in [1.807, 2.05) is 47.9 Å². The molecular formula is C29H30IN5O6. The van der Waals surface area contributed by atoms with Gasteiger partial charge in [-0.3, -0.25) is 9.59 Å². The molecule has 1 aliphatic heterocycles. The molecule has 12 heteroatoms. The zero-order valence-electron chi connectivity index (χ0n) is 23.3. The first-order chi connectivity index (χ1) is 19.0. The summed E-state index contributed by atoms with van der Waals surface area (Å²) in [5.41, 5.74) is 0.320. The molecule has 2 aromatic heterocycles. The van der Waals surface area contributed by atoms with Gasteiger partial charge in [-0.2, -0.15) is 0 Å². The summed E-state index contributed by atoms with van der Waals surface area (Å²) in [6.07, 6.45) is 0.559. The number of hydrogen-bond acceptors (Lipinski definition) is 8. The lowest BCUT2D eigenvalue weighted by Crippen LogP contribution is -3.00. The number of rotatable bonds is 8. The maximum absolute atomic E-state index is 13.0. The number of fused-ring (bicyclic) bond motifs is 2. The maximum atomic E-state index is 13.0. The molecule has 0 unspecified atom stereocenters. The van der Waals surface area contributed by atoms with Gasteiger partial charge >= 0.3 is 5.97 Å². The van der Waals surface area contributed by atoms with E-state index in [0.717, 1.165) is 16.7 Å². The third-order valence-corrected chi connectivity index (χ3v) is 6.25. The number of carbonyl (C=O) groups is 3. The van der Waals surface area contributed by atoms with Crippen molar-refractivity contribution < 1.29 is 57.4 Å². The number of hydroxylamine groups is 2. The van der Waals surface area contributed by atoms with Crippen LogP contribution in [-0.2, 0) is 28.5 Å². The highest BCUT2D eigenvalue weighted by Gasteiger charge is 2.40. The molecule has 4 aromatic rings. The minimum Gasteiger partial charge on any atom is -1.00 e. The van der Waals surface area contributed by atoms with Crippen LogP contribution in [0.25, 0.3) is 10.9 Å². The standard InChI is InChI=1S/C29H29N5O6.HI/c1-29(2,3)39-28(37)23(40-34-26(35)20-8-6-7-9-21(20)27(34)36)17-38-19-11-12-22-18(16-19)10-13-24(30-22)31-25-14-15-32(4)33(25)5;/h6-16,23H,17H2,1-5H3;1H/t23-;/m0./s1. The second-order valence-electron chi connectivity index (χ2n) is 10.4. The number of aromatic nitrogens is 3. The molecule has 0 aliphatic carbocycles. The van der Waals surface area contributed by atoms with Crippen LogP contribution in [0.5, 0.6) is 5.75 Å². The number of ether oxygens (including phenoxy) is 2. The van der Waals surface area contributed by atoms with Gasteiger partial charge in [-0.1, -0.05) is 12.1 Å². The number of hydrogen-bond donors (Lipinski definition) is 1. The molecule has 41 heavy (non-hydrogen) atoms.